The van der Waals surface area contributed by atoms with Gasteiger partial charge in [-0.05, 0) is 42.7 Å². The number of anilines is 1. The molecule has 0 aliphatic carbocycles. The molecule has 2 rings (SSSR count). The smallest absolute Gasteiger partial charge is 0.255 e. The molecule has 1 N–H and O–H groups in total. The number of methoxy groups -OCH3 is 1. The van der Waals surface area contributed by atoms with E-state index in [1.807, 2.05) is 43.3 Å². The third kappa shape index (κ3) is 4.09. The zero-order valence-electron chi connectivity index (χ0n) is 12.2. The van der Waals surface area contributed by atoms with Crippen LogP contribution < -0.4 is 5.32 Å². The second kappa shape index (κ2) is 7.29. The summed E-state index contributed by atoms with van der Waals surface area (Å²) in [5.41, 5.74) is 3.46. The fourth-order valence-corrected chi connectivity index (χ4v) is 2.32. The standard InChI is InChI=1S/C17H19NO2S/c1-12-7-8-14(21)11-15(12)17(19)18-16-6-4-3-5-13(16)9-10-20-2/h3-8,11,21H,9-10H2,1-2H3,(H,18,19). The Hall–Kier alpha value is -1.78. The molecule has 0 saturated carbocycles. The Bertz CT molecular complexity index is 640. The molecule has 21 heavy (non-hydrogen) atoms. The number of benzene rings is 2. The minimum Gasteiger partial charge on any atom is -0.384 e. The molecule has 0 unspecified atom stereocenters. The summed E-state index contributed by atoms with van der Waals surface area (Å²) in [5.74, 6) is -0.117. The molecule has 3 nitrogen and oxygen atoms in total. The van der Waals surface area contributed by atoms with Gasteiger partial charge in [0.05, 0.1) is 6.61 Å². The van der Waals surface area contributed by atoms with Gasteiger partial charge in [0.15, 0.2) is 0 Å². The van der Waals surface area contributed by atoms with E-state index < -0.39 is 0 Å². The number of rotatable bonds is 5. The lowest BCUT2D eigenvalue weighted by molar-refractivity contribution is 0.102. The summed E-state index contributed by atoms with van der Waals surface area (Å²) in [6.45, 7) is 2.54. The fraction of sp³-hybridized carbons (Fsp3) is 0.235. The molecule has 0 bridgehead atoms. The molecular formula is C17H19NO2S. The van der Waals surface area contributed by atoms with E-state index in [0.717, 1.165) is 28.1 Å². The van der Waals surface area contributed by atoms with Crippen molar-refractivity contribution in [2.45, 2.75) is 18.2 Å². The summed E-state index contributed by atoms with van der Waals surface area (Å²) in [7, 11) is 1.67. The Kier molecular flexibility index (Phi) is 5.42. The zero-order valence-corrected chi connectivity index (χ0v) is 13.1. The van der Waals surface area contributed by atoms with Gasteiger partial charge in [-0.3, -0.25) is 4.79 Å². The van der Waals surface area contributed by atoms with Crippen LogP contribution in [0.4, 0.5) is 5.69 Å². The second-order valence-corrected chi connectivity index (χ2v) is 5.37. The van der Waals surface area contributed by atoms with Crippen molar-refractivity contribution in [2.75, 3.05) is 19.0 Å². The van der Waals surface area contributed by atoms with Gasteiger partial charge in [-0.1, -0.05) is 24.3 Å². The number of thiol groups is 1. The van der Waals surface area contributed by atoms with Crippen LogP contribution in [0, 0.1) is 6.92 Å². The highest BCUT2D eigenvalue weighted by Gasteiger charge is 2.11. The monoisotopic (exact) mass is 301 g/mol. The summed E-state index contributed by atoms with van der Waals surface area (Å²) in [4.78, 5) is 13.2. The van der Waals surface area contributed by atoms with Gasteiger partial charge in [0, 0.05) is 23.3 Å². The van der Waals surface area contributed by atoms with Crippen molar-refractivity contribution >= 4 is 24.2 Å². The predicted molar refractivity (Wildman–Crippen MR) is 88.4 cm³/mol. The summed E-state index contributed by atoms with van der Waals surface area (Å²) >= 11 is 4.29. The Morgan fingerprint density at radius 3 is 2.76 bits per heavy atom. The Labute approximate surface area is 130 Å². The molecule has 0 radical (unpaired) electrons. The van der Waals surface area contributed by atoms with E-state index in [0.29, 0.717) is 12.2 Å². The van der Waals surface area contributed by atoms with Gasteiger partial charge in [-0.25, -0.2) is 0 Å². The van der Waals surface area contributed by atoms with E-state index in [-0.39, 0.29) is 5.91 Å². The molecule has 0 fully saturated rings. The van der Waals surface area contributed by atoms with Gasteiger partial charge in [0.25, 0.3) is 5.91 Å². The topological polar surface area (TPSA) is 38.3 Å². The quantitative estimate of drug-likeness (QED) is 0.826. The van der Waals surface area contributed by atoms with E-state index in [4.69, 9.17) is 4.74 Å². The number of nitrogens with one attached hydrogen (secondary N) is 1. The maximum absolute atomic E-state index is 12.4. The Morgan fingerprint density at radius 2 is 2.00 bits per heavy atom. The van der Waals surface area contributed by atoms with Gasteiger partial charge in [-0.2, -0.15) is 0 Å². The van der Waals surface area contributed by atoms with Crippen molar-refractivity contribution in [1.82, 2.24) is 0 Å². The number of para-hydroxylation sites is 1. The first-order valence-corrected chi connectivity index (χ1v) is 7.24. The fourth-order valence-electron chi connectivity index (χ4n) is 2.12. The number of amides is 1. The second-order valence-electron chi connectivity index (χ2n) is 4.85. The van der Waals surface area contributed by atoms with Crippen LogP contribution in [-0.2, 0) is 11.2 Å². The van der Waals surface area contributed by atoms with Crippen molar-refractivity contribution in [1.29, 1.82) is 0 Å². The molecule has 0 spiro atoms. The summed E-state index contributed by atoms with van der Waals surface area (Å²) in [6.07, 6.45) is 0.762. The number of hydrogen-bond acceptors (Lipinski definition) is 3. The SMILES string of the molecule is COCCc1ccccc1NC(=O)c1cc(S)ccc1C. The Morgan fingerprint density at radius 1 is 1.24 bits per heavy atom. The van der Waals surface area contributed by atoms with Crippen molar-refractivity contribution in [3.63, 3.8) is 0 Å². The van der Waals surface area contributed by atoms with E-state index >= 15 is 0 Å². The van der Waals surface area contributed by atoms with Crippen LogP contribution in [0.2, 0.25) is 0 Å². The minimum atomic E-state index is -0.117. The highest BCUT2D eigenvalue weighted by atomic mass is 32.1. The van der Waals surface area contributed by atoms with Crippen LogP contribution >= 0.6 is 12.6 Å². The maximum Gasteiger partial charge on any atom is 0.255 e. The first-order valence-electron chi connectivity index (χ1n) is 6.79. The summed E-state index contributed by atoms with van der Waals surface area (Å²) in [5, 5.41) is 2.98. The van der Waals surface area contributed by atoms with E-state index in [9.17, 15) is 4.79 Å². The molecule has 110 valence electrons. The molecular weight excluding hydrogens is 282 g/mol. The molecule has 0 aliphatic rings. The largest absolute Gasteiger partial charge is 0.384 e. The van der Waals surface area contributed by atoms with Gasteiger partial charge in [0.1, 0.15) is 0 Å². The van der Waals surface area contributed by atoms with Gasteiger partial charge < -0.3 is 10.1 Å². The van der Waals surface area contributed by atoms with E-state index in [2.05, 4.69) is 17.9 Å². The lowest BCUT2D eigenvalue weighted by Crippen LogP contribution is -2.15. The van der Waals surface area contributed by atoms with Crippen LogP contribution in [-0.4, -0.2) is 19.6 Å². The molecule has 0 aliphatic heterocycles. The normalized spacial score (nSPS) is 10.4. The van der Waals surface area contributed by atoms with Crippen LogP contribution in [0.15, 0.2) is 47.4 Å². The lowest BCUT2D eigenvalue weighted by atomic mass is 10.1. The zero-order chi connectivity index (χ0) is 15.2. The van der Waals surface area contributed by atoms with Crippen LogP contribution in [0.25, 0.3) is 0 Å². The number of carbonyl (C=O) groups is 1. The molecule has 0 saturated heterocycles. The van der Waals surface area contributed by atoms with E-state index in [1.165, 1.54) is 0 Å². The average molecular weight is 301 g/mol. The van der Waals surface area contributed by atoms with E-state index in [1.54, 1.807) is 13.2 Å². The maximum atomic E-state index is 12.4. The third-order valence-corrected chi connectivity index (χ3v) is 3.59. The molecule has 4 heteroatoms. The molecule has 2 aromatic carbocycles. The van der Waals surface area contributed by atoms with Crippen LogP contribution in [0.5, 0.6) is 0 Å². The highest BCUT2D eigenvalue weighted by molar-refractivity contribution is 7.80. The third-order valence-electron chi connectivity index (χ3n) is 3.31. The molecule has 0 aromatic heterocycles. The number of carbonyl (C=O) groups excluding carboxylic acids is 1. The van der Waals surface area contributed by atoms with Gasteiger partial charge >= 0.3 is 0 Å². The predicted octanol–water partition coefficient (Wildman–Crippen LogP) is 3.72. The lowest BCUT2D eigenvalue weighted by Gasteiger charge is -2.12. The van der Waals surface area contributed by atoms with Crippen molar-refractivity contribution < 1.29 is 9.53 Å². The van der Waals surface area contributed by atoms with Crippen LogP contribution in [0.1, 0.15) is 21.5 Å². The highest BCUT2D eigenvalue weighted by Crippen LogP contribution is 2.19. The molecule has 2 aromatic rings. The van der Waals surface area contributed by atoms with Crippen molar-refractivity contribution in [3.05, 3.63) is 59.2 Å². The average Bonchev–Trinajstić information content (AvgIpc) is 2.48. The summed E-state index contributed by atoms with van der Waals surface area (Å²) in [6, 6.07) is 13.3. The number of hydrogen-bond donors (Lipinski definition) is 2. The molecule has 0 atom stereocenters. The van der Waals surface area contributed by atoms with Crippen molar-refractivity contribution in [3.8, 4) is 0 Å². The number of ether oxygens (including phenoxy) is 1. The van der Waals surface area contributed by atoms with Gasteiger partial charge in [0.2, 0.25) is 0 Å². The molecule has 0 heterocycles. The van der Waals surface area contributed by atoms with Crippen LogP contribution in [0.3, 0.4) is 0 Å². The van der Waals surface area contributed by atoms with Gasteiger partial charge in [-0.15, -0.1) is 12.6 Å². The van der Waals surface area contributed by atoms with Crippen molar-refractivity contribution in [2.24, 2.45) is 0 Å². The number of aryl methyl sites for hydroxylation is 1. The summed E-state index contributed by atoms with van der Waals surface area (Å²) < 4.78 is 5.10. The Balaban J connectivity index is 2.21. The molecule has 1 amide bonds. The first kappa shape index (κ1) is 15.6. The first-order chi connectivity index (χ1) is 10.1. The minimum absolute atomic E-state index is 0.117.